The highest BCUT2D eigenvalue weighted by atomic mass is 35.5. The van der Waals surface area contributed by atoms with Crippen molar-refractivity contribution in [1.29, 1.82) is 0 Å². The van der Waals surface area contributed by atoms with E-state index >= 15 is 0 Å². The molecule has 0 aliphatic carbocycles. The normalized spacial score (nSPS) is 17.4. The summed E-state index contributed by atoms with van der Waals surface area (Å²) in [6.07, 6.45) is 4.72. The zero-order chi connectivity index (χ0) is 12.5. The third kappa shape index (κ3) is 2.15. The first-order valence-corrected chi connectivity index (χ1v) is 6.58. The topological polar surface area (TPSA) is 62.2 Å². The van der Waals surface area contributed by atoms with E-state index in [4.69, 9.17) is 11.6 Å². The van der Waals surface area contributed by atoms with Crippen molar-refractivity contribution in [1.82, 2.24) is 19.9 Å². The lowest BCUT2D eigenvalue weighted by Crippen LogP contribution is -2.29. The van der Waals surface area contributed by atoms with Gasteiger partial charge in [0.1, 0.15) is 5.02 Å². The number of halogens is 1. The fraction of sp³-hybridized carbons (Fsp3) is 0.500. The van der Waals surface area contributed by atoms with Gasteiger partial charge in [-0.1, -0.05) is 11.6 Å². The van der Waals surface area contributed by atoms with E-state index in [1.807, 2.05) is 0 Å². The van der Waals surface area contributed by atoms with Gasteiger partial charge in [-0.05, 0) is 38.3 Å². The third-order valence-corrected chi connectivity index (χ3v) is 3.74. The SMILES string of the molecule is O=c1cc(CC2CCNCC2)nc2c(Cl)c[nH]n12. The number of nitrogens with zero attached hydrogens (tertiary/aromatic N) is 2. The Bertz CT molecular complexity index is 612. The Morgan fingerprint density at radius 3 is 3.00 bits per heavy atom. The lowest BCUT2D eigenvalue weighted by atomic mass is 9.93. The number of hydrogen-bond donors (Lipinski definition) is 2. The molecule has 2 N–H and O–H groups in total. The van der Waals surface area contributed by atoms with Crippen LogP contribution in [-0.2, 0) is 6.42 Å². The molecule has 0 unspecified atom stereocenters. The van der Waals surface area contributed by atoms with Gasteiger partial charge in [-0.2, -0.15) is 0 Å². The fourth-order valence-electron chi connectivity index (χ4n) is 2.49. The van der Waals surface area contributed by atoms with Crippen LogP contribution < -0.4 is 10.9 Å². The first-order chi connectivity index (χ1) is 8.74. The number of H-pyrrole nitrogens is 1. The molecule has 2 aromatic heterocycles. The summed E-state index contributed by atoms with van der Waals surface area (Å²) in [6.45, 7) is 2.10. The Labute approximate surface area is 109 Å². The van der Waals surface area contributed by atoms with Gasteiger partial charge in [0.25, 0.3) is 5.56 Å². The Kier molecular flexibility index (Phi) is 3.09. The van der Waals surface area contributed by atoms with Gasteiger partial charge in [0.2, 0.25) is 0 Å². The molecule has 6 heteroatoms. The zero-order valence-corrected chi connectivity index (χ0v) is 10.7. The van der Waals surface area contributed by atoms with E-state index in [2.05, 4.69) is 15.4 Å². The molecule has 3 heterocycles. The van der Waals surface area contributed by atoms with Crippen LogP contribution in [0.25, 0.3) is 5.65 Å². The van der Waals surface area contributed by atoms with Crippen LogP contribution in [0, 0.1) is 5.92 Å². The summed E-state index contributed by atoms with van der Waals surface area (Å²) in [4.78, 5) is 16.3. The molecule has 0 aromatic carbocycles. The molecular weight excluding hydrogens is 252 g/mol. The van der Waals surface area contributed by atoms with Crippen LogP contribution in [0.4, 0.5) is 0 Å². The molecule has 1 aliphatic rings. The van der Waals surface area contributed by atoms with Crippen molar-refractivity contribution in [3.05, 3.63) is 33.3 Å². The highest BCUT2D eigenvalue weighted by molar-refractivity contribution is 6.33. The summed E-state index contributed by atoms with van der Waals surface area (Å²) < 4.78 is 1.37. The van der Waals surface area contributed by atoms with Crippen molar-refractivity contribution in [3.8, 4) is 0 Å². The number of aromatic nitrogens is 3. The van der Waals surface area contributed by atoms with Gasteiger partial charge in [0.05, 0.1) is 0 Å². The molecule has 1 aliphatic heterocycles. The van der Waals surface area contributed by atoms with Crippen molar-refractivity contribution in [2.75, 3.05) is 13.1 Å². The van der Waals surface area contributed by atoms with Crippen molar-refractivity contribution < 1.29 is 0 Å². The Balaban J connectivity index is 1.92. The second-order valence-corrected chi connectivity index (χ2v) is 5.17. The van der Waals surface area contributed by atoms with E-state index in [1.165, 1.54) is 4.52 Å². The van der Waals surface area contributed by atoms with Crippen molar-refractivity contribution in [2.45, 2.75) is 19.3 Å². The molecule has 96 valence electrons. The number of rotatable bonds is 2. The molecule has 0 atom stereocenters. The molecule has 0 radical (unpaired) electrons. The molecule has 0 bridgehead atoms. The number of hydrogen-bond acceptors (Lipinski definition) is 3. The molecule has 0 spiro atoms. The van der Waals surface area contributed by atoms with Gasteiger partial charge >= 0.3 is 0 Å². The van der Waals surface area contributed by atoms with E-state index in [9.17, 15) is 4.79 Å². The lowest BCUT2D eigenvalue weighted by Gasteiger charge is -2.21. The summed E-state index contributed by atoms with van der Waals surface area (Å²) in [5, 5.41) is 6.61. The van der Waals surface area contributed by atoms with E-state index in [0.29, 0.717) is 16.6 Å². The number of aromatic amines is 1. The van der Waals surface area contributed by atoms with Gasteiger partial charge in [0.15, 0.2) is 5.65 Å². The molecule has 2 aromatic rings. The van der Waals surface area contributed by atoms with Gasteiger partial charge in [0, 0.05) is 18.0 Å². The van der Waals surface area contributed by atoms with Crippen molar-refractivity contribution in [3.63, 3.8) is 0 Å². The first-order valence-electron chi connectivity index (χ1n) is 6.20. The quantitative estimate of drug-likeness (QED) is 0.859. The smallest absolute Gasteiger partial charge is 0.272 e. The highest BCUT2D eigenvalue weighted by Crippen LogP contribution is 2.18. The van der Waals surface area contributed by atoms with Crippen LogP contribution in [0.1, 0.15) is 18.5 Å². The van der Waals surface area contributed by atoms with Gasteiger partial charge < -0.3 is 5.32 Å². The minimum absolute atomic E-state index is 0.101. The maximum atomic E-state index is 11.9. The second-order valence-electron chi connectivity index (χ2n) is 4.76. The van der Waals surface area contributed by atoms with E-state index in [1.54, 1.807) is 12.3 Å². The zero-order valence-electron chi connectivity index (χ0n) is 9.95. The van der Waals surface area contributed by atoms with Crippen LogP contribution in [-0.4, -0.2) is 27.7 Å². The predicted octanol–water partition coefficient (Wildman–Crippen LogP) is 1.22. The summed E-state index contributed by atoms with van der Waals surface area (Å²) in [5.41, 5.74) is 1.26. The van der Waals surface area contributed by atoms with E-state index in [-0.39, 0.29) is 5.56 Å². The molecule has 18 heavy (non-hydrogen) atoms. The van der Waals surface area contributed by atoms with Gasteiger partial charge in [-0.25, -0.2) is 9.50 Å². The number of nitrogens with one attached hydrogen (secondary N) is 2. The van der Waals surface area contributed by atoms with Crippen LogP contribution >= 0.6 is 11.6 Å². The van der Waals surface area contributed by atoms with Crippen LogP contribution in [0.3, 0.4) is 0 Å². The van der Waals surface area contributed by atoms with Crippen LogP contribution in [0.2, 0.25) is 5.02 Å². The molecule has 1 saturated heterocycles. The van der Waals surface area contributed by atoms with Gasteiger partial charge in [-0.15, -0.1) is 0 Å². The average Bonchev–Trinajstić information content (AvgIpc) is 2.73. The first kappa shape index (κ1) is 11.7. The van der Waals surface area contributed by atoms with Crippen molar-refractivity contribution in [2.24, 2.45) is 5.92 Å². The maximum Gasteiger partial charge on any atom is 0.272 e. The maximum absolute atomic E-state index is 11.9. The minimum atomic E-state index is -0.101. The standard InChI is InChI=1S/C12H15ClN4O/c13-10-7-15-17-11(18)6-9(16-12(10)17)5-8-1-3-14-4-2-8/h6-8,14-15H,1-5H2. The van der Waals surface area contributed by atoms with Gasteiger partial charge in [-0.3, -0.25) is 9.89 Å². The second kappa shape index (κ2) is 4.74. The minimum Gasteiger partial charge on any atom is -0.317 e. The molecule has 5 nitrogen and oxygen atoms in total. The van der Waals surface area contributed by atoms with E-state index in [0.717, 1.165) is 38.0 Å². The Morgan fingerprint density at radius 1 is 1.44 bits per heavy atom. The monoisotopic (exact) mass is 266 g/mol. The fourth-order valence-corrected chi connectivity index (χ4v) is 2.66. The molecule has 0 amide bonds. The molecule has 1 fully saturated rings. The highest BCUT2D eigenvalue weighted by Gasteiger charge is 2.15. The van der Waals surface area contributed by atoms with Crippen molar-refractivity contribution >= 4 is 17.2 Å². The lowest BCUT2D eigenvalue weighted by molar-refractivity contribution is 0.370. The molecular formula is C12H15ClN4O. The summed E-state index contributed by atoms with van der Waals surface area (Å²) in [5.74, 6) is 0.610. The largest absolute Gasteiger partial charge is 0.317 e. The van der Waals surface area contributed by atoms with E-state index < -0.39 is 0 Å². The van der Waals surface area contributed by atoms with Crippen LogP contribution in [0.5, 0.6) is 0 Å². The predicted molar refractivity (Wildman–Crippen MR) is 70.1 cm³/mol. The third-order valence-electron chi connectivity index (χ3n) is 3.46. The number of piperidine rings is 1. The number of fused-ring (bicyclic) bond motifs is 1. The Hall–Kier alpha value is -1.33. The summed E-state index contributed by atoms with van der Waals surface area (Å²) in [6, 6.07) is 1.60. The van der Waals surface area contributed by atoms with Crippen LogP contribution in [0.15, 0.2) is 17.1 Å². The Morgan fingerprint density at radius 2 is 2.22 bits per heavy atom. The molecule has 3 rings (SSSR count). The average molecular weight is 267 g/mol. The summed E-state index contributed by atoms with van der Waals surface area (Å²) >= 11 is 6.00. The molecule has 0 saturated carbocycles. The summed E-state index contributed by atoms with van der Waals surface area (Å²) in [7, 11) is 0.